The Kier molecular flexibility index (Phi) is 14.0. The molecule has 0 spiro atoms. The molecule has 1 amide bonds. The van der Waals surface area contributed by atoms with E-state index in [0.29, 0.717) is 38.0 Å². The third kappa shape index (κ3) is 11.7. The minimum atomic E-state index is -0.345. The molecule has 142 valence electrons. The summed E-state index contributed by atoms with van der Waals surface area (Å²) in [5, 5.41) is 8.65. The number of nitrogens with zero attached hydrogens (tertiary/aromatic N) is 1. The van der Waals surface area contributed by atoms with Gasteiger partial charge in [-0.2, -0.15) is 0 Å². The van der Waals surface area contributed by atoms with Gasteiger partial charge in [0.05, 0.1) is 19.8 Å². The van der Waals surface area contributed by atoms with Crippen LogP contribution in [0.1, 0.15) is 6.42 Å². The van der Waals surface area contributed by atoms with Crippen LogP contribution in [0.15, 0.2) is 29.3 Å². The summed E-state index contributed by atoms with van der Waals surface area (Å²) in [6, 6.07) is 5.59. The van der Waals surface area contributed by atoms with Crippen molar-refractivity contribution in [1.82, 2.24) is 10.6 Å². The van der Waals surface area contributed by atoms with Crippen LogP contribution in [0.3, 0.4) is 0 Å². The molecule has 7 nitrogen and oxygen atoms in total. The first-order valence-electron chi connectivity index (χ1n) is 7.72. The summed E-state index contributed by atoms with van der Waals surface area (Å²) < 4.78 is 23.0. The average Bonchev–Trinajstić information content (AvgIpc) is 2.58. The zero-order chi connectivity index (χ0) is 17.6. The third-order valence-corrected chi connectivity index (χ3v) is 2.96. The fraction of sp³-hybridized carbons (Fsp3) is 0.500. The van der Waals surface area contributed by atoms with Crippen molar-refractivity contribution in [2.75, 3.05) is 52.4 Å². The quantitative estimate of drug-likeness (QED) is 0.210. The minimum absolute atomic E-state index is 0. The van der Waals surface area contributed by atoms with Gasteiger partial charge in [-0.25, -0.2) is 4.39 Å². The SMILES string of the molecule is CN=C(NCCCOCCOC)NCC(=O)Nc1ccc(F)cc1.I. The van der Waals surface area contributed by atoms with Crippen molar-refractivity contribution >= 4 is 41.5 Å². The zero-order valence-corrected chi connectivity index (χ0v) is 16.8. The number of amides is 1. The van der Waals surface area contributed by atoms with E-state index in [9.17, 15) is 9.18 Å². The van der Waals surface area contributed by atoms with Gasteiger partial charge in [-0.3, -0.25) is 9.79 Å². The van der Waals surface area contributed by atoms with Crippen LogP contribution < -0.4 is 16.0 Å². The smallest absolute Gasteiger partial charge is 0.243 e. The maximum absolute atomic E-state index is 12.8. The topological polar surface area (TPSA) is 84.0 Å². The molecule has 1 rings (SSSR count). The van der Waals surface area contributed by atoms with Crippen LogP contribution >= 0.6 is 24.0 Å². The predicted octanol–water partition coefficient (Wildman–Crippen LogP) is 1.60. The lowest BCUT2D eigenvalue weighted by Gasteiger charge is -2.12. The third-order valence-electron chi connectivity index (χ3n) is 2.96. The first kappa shape index (κ1) is 23.5. The van der Waals surface area contributed by atoms with E-state index in [4.69, 9.17) is 9.47 Å². The lowest BCUT2D eigenvalue weighted by atomic mass is 10.3. The molecule has 0 aliphatic rings. The molecule has 0 aromatic heterocycles. The normalized spacial score (nSPS) is 10.8. The first-order valence-corrected chi connectivity index (χ1v) is 7.72. The number of carbonyl (C=O) groups excluding carboxylic acids is 1. The van der Waals surface area contributed by atoms with E-state index in [1.54, 1.807) is 14.2 Å². The molecule has 0 unspecified atom stereocenters. The van der Waals surface area contributed by atoms with Crippen LogP contribution in [0.5, 0.6) is 0 Å². The molecule has 0 aliphatic heterocycles. The van der Waals surface area contributed by atoms with Crippen molar-refractivity contribution in [3.63, 3.8) is 0 Å². The van der Waals surface area contributed by atoms with E-state index in [2.05, 4.69) is 20.9 Å². The summed E-state index contributed by atoms with van der Waals surface area (Å²) in [7, 11) is 3.26. The number of carbonyl (C=O) groups is 1. The van der Waals surface area contributed by atoms with Gasteiger partial charge in [0.1, 0.15) is 5.82 Å². The Morgan fingerprint density at radius 2 is 1.88 bits per heavy atom. The van der Waals surface area contributed by atoms with Crippen molar-refractivity contribution < 1.29 is 18.7 Å². The number of anilines is 1. The van der Waals surface area contributed by atoms with Gasteiger partial charge < -0.3 is 25.4 Å². The van der Waals surface area contributed by atoms with Gasteiger partial charge >= 0.3 is 0 Å². The second kappa shape index (κ2) is 14.8. The number of guanidine groups is 1. The Hall–Kier alpha value is -1.46. The molecule has 0 aliphatic carbocycles. The number of benzene rings is 1. The highest BCUT2D eigenvalue weighted by Crippen LogP contribution is 2.07. The molecule has 25 heavy (non-hydrogen) atoms. The van der Waals surface area contributed by atoms with Crippen LogP contribution in [0.4, 0.5) is 10.1 Å². The second-order valence-electron chi connectivity index (χ2n) is 4.87. The monoisotopic (exact) mass is 468 g/mol. The van der Waals surface area contributed by atoms with Gasteiger partial charge in [0.15, 0.2) is 5.96 Å². The molecule has 0 radical (unpaired) electrons. The molecular weight excluding hydrogens is 442 g/mol. The van der Waals surface area contributed by atoms with Crippen LogP contribution in [0, 0.1) is 5.82 Å². The lowest BCUT2D eigenvalue weighted by molar-refractivity contribution is -0.115. The fourth-order valence-corrected chi connectivity index (χ4v) is 1.75. The summed E-state index contributed by atoms with van der Waals surface area (Å²) in [5.74, 6) is -0.0597. The molecule has 0 heterocycles. The maximum atomic E-state index is 12.8. The van der Waals surface area contributed by atoms with E-state index >= 15 is 0 Å². The number of rotatable bonds is 10. The highest BCUT2D eigenvalue weighted by Gasteiger charge is 2.04. The summed E-state index contributed by atoms with van der Waals surface area (Å²) >= 11 is 0. The van der Waals surface area contributed by atoms with Crippen molar-refractivity contribution in [3.05, 3.63) is 30.1 Å². The van der Waals surface area contributed by atoms with E-state index < -0.39 is 0 Å². The standard InChI is InChI=1S/C16H25FN4O3.HI/c1-18-16(19-8-3-9-24-11-10-23-2)20-12-15(22)21-14-6-4-13(17)5-7-14;/h4-7H,3,8-12H2,1-2H3,(H,21,22)(H2,18,19,20);1H. The van der Waals surface area contributed by atoms with Crippen LogP contribution in [-0.4, -0.2) is 58.9 Å². The summed E-state index contributed by atoms with van der Waals surface area (Å²) in [4.78, 5) is 15.8. The number of ether oxygens (including phenoxy) is 2. The minimum Gasteiger partial charge on any atom is -0.382 e. The maximum Gasteiger partial charge on any atom is 0.243 e. The van der Waals surface area contributed by atoms with Crippen molar-refractivity contribution in [2.24, 2.45) is 4.99 Å². The molecular formula is C16H26FIN4O3. The van der Waals surface area contributed by atoms with Crippen molar-refractivity contribution in [3.8, 4) is 0 Å². The molecule has 0 saturated heterocycles. The van der Waals surface area contributed by atoms with Crippen LogP contribution in [0.25, 0.3) is 0 Å². The van der Waals surface area contributed by atoms with Gasteiger partial charge in [-0.1, -0.05) is 0 Å². The van der Waals surface area contributed by atoms with Crippen molar-refractivity contribution in [1.29, 1.82) is 0 Å². The Morgan fingerprint density at radius 3 is 2.52 bits per heavy atom. The molecule has 3 N–H and O–H groups in total. The van der Waals surface area contributed by atoms with Crippen LogP contribution in [0.2, 0.25) is 0 Å². The summed E-state index contributed by atoms with van der Waals surface area (Å²) in [6.45, 7) is 2.51. The molecule has 1 aromatic rings. The average molecular weight is 468 g/mol. The summed E-state index contributed by atoms with van der Waals surface area (Å²) in [6.07, 6.45) is 0.812. The number of hydrogen-bond acceptors (Lipinski definition) is 4. The number of methoxy groups -OCH3 is 1. The highest BCUT2D eigenvalue weighted by atomic mass is 127. The predicted molar refractivity (Wildman–Crippen MR) is 107 cm³/mol. The van der Waals surface area contributed by atoms with Gasteiger partial charge in [-0.15, -0.1) is 24.0 Å². The van der Waals surface area contributed by atoms with E-state index in [-0.39, 0.29) is 42.2 Å². The highest BCUT2D eigenvalue weighted by molar-refractivity contribution is 14.0. The number of hydrogen-bond donors (Lipinski definition) is 3. The van der Waals surface area contributed by atoms with E-state index in [0.717, 1.165) is 6.42 Å². The van der Waals surface area contributed by atoms with Gasteiger partial charge in [-0.05, 0) is 30.7 Å². The summed E-state index contributed by atoms with van der Waals surface area (Å²) in [5.41, 5.74) is 0.541. The zero-order valence-electron chi connectivity index (χ0n) is 14.5. The van der Waals surface area contributed by atoms with Crippen molar-refractivity contribution in [2.45, 2.75) is 6.42 Å². The first-order chi connectivity index (χ1) is 11.7. The molecule has 0 bridgehead atoms. The van der Waals surface area contributed by atoms with E-state index in [1.807, 2.05) is 0 Å². The fourth-order valence-electron chi connectivity index (χ4n) is 1.75. The molecule has 0 saturated carbocycles. The van der Waals surface area contributed by atoms with Gasteiger partial charge in [0, 0.05) is 33.0 Å². The molecule has 9 heteroatoms. The Morgan fingerprint density at radius 1 is 1.16 bits per heavy atom. The number of aliphatic imine (C=N–C) groups is 1. The largest absolute Gasteiger partial charge is 0.382 e. The lowest BCUT2D eigenvalue weighted by Crippen LogP contribution is -2.41. The van der Waals surface area contributed by atoms with Gasteiger partial charge in [0.2, 0.25) is 5.91 Å². The second-order valence-corrected chi connectivity index (χ2v) is 4.87. The number of halogens is 2. The molecule has 0 fully saturated rings. The van der Waals surface area contributed by atoms with Gasteiger partial charge in [0.25, 0.3) is 0 Å². The molecule has 0 atom stereocenters. The molecule has 1 aromatic carbocycles. The Balaban J connectivity index is 0.00000576. The van der Waals surface area contributed by atoms with Crippen LogP contribution in [-0.2, 0) is 14.3 Å². The van der Waals surface area contributed by atoms with E-state index in [1.165, 1.54) is 24.3 Å². The Labute approximate surface area is 164 Å². The number of nitrogens with one attached hydrogen (secondary N) is 3. The Bertz CT molecular complexity index is 515.